The zero-order valence-corrected chi connectivity index (χ0v) is 23.9. The Kier molecular flexibility index (Phi) is 8.44. The van der Waals surface area contributed by atoms with Crippen LogP contribution in [0, 0.1) is 18.3 Å². The maximum Gasteiger partial charge on any atom is 0.236 e. The molecular formula is C31H36N8O3. The Morgan fingerprint density at radius 1 is 1.05 bits per heavy atom. The normalized spacial score (nSPS) is 18.3. The number of amides is 1. The molecule has 3 saturated heterocycles. The molecule has 6 rings (SSSR count). The van der Waals surface area contributed by atoms with Crippen LogP contribution in [0.1, 0.15) is 24.8 Å². The molecule has 0 atom stereocenters. The van der Waals surface area contributed by atoms with Gasteiger partial charge in [0.15, 0.2) is 5.82 Å². The summed E-state index contributed by atoms with van der Waals surface area (Å²) in [5.74, 6) is 1.77. The summed E-state index contributed by atoms with van der Waals surface area (Å²) in [6, 6.07) is 16.9. The number of ether oxygens (including phenoxy) is 2. The number of aromatic nitrogens is 3. The van der Waals surface area contributed by atoms with E-state index in [-0.39, 0.29) is 18.4 Å². The van der Waals surface area contributed by atoms with Gasteiger partial charge in [0.1, 0.15) is 24.6 Å². The van der Waals surface area contributed by atoms with Gasteiger partial charge in [0, 0.05) is 69.0 Å². The van der Waals surface area contributed by atoms with Crippen LogP contribution in [-0.2, 0) is 9.53 Å². The molecule has 42 heavy (non-hydrogen) atoms. The van der Waals surface area contributed by atoms with Crippen LogP contribution in [0.25, 0.3) is 11.4 Å². The van der Waals surface area contributed by atoms with Crippen molar-refractivity contribution in [3.8, 4) is 23.2 Å². The molecule has 2 aromatic carbocycles. The van der Waals surface area contributed by atoms with E-state index in [1.807, 2.05) is 31.2 Å². The Bertz CT molecular complexity index is 1420. The second-order valence-corrected chi connectivity index (χ2v) is 11.0. The van der Waals surface area contributed by atoms with Crippen molar-refractivity contribution in [3.63, 3.8) is 0 Å². The minimum absolute atomic E-state index is 0.0343. The molecule has 0 unspecified atom stereocenters. The van der Waals surface area contributed by atoms with Crippen LogP contribution in [0.15, 0.2) is 48.8 Å². The van der Waals surface area contributed by atoms with E-state index in [0.29, 0.717) is 30.9 Å². The number of nitrogens with one attached hydrogen (secondary N) is 1. The highest BCUT2D eigenvalue weighted by molar-refractivity contribution is 5.78. The second kappa shape index (κ2) is 12.7. The highest BCUT2D eigenvalue weighted by Gasteiger charge is 2.29. The molecule has 1 N–H and O–H groups in total. The number of carbonyl (C=O) groups excluding carboxylic acids is 1. The van der Waals surface area contributed by atoms with Gasteiger partial charge >= 0.3 is 0 Å². The van der Waals surface area contributed by atoms with Crippen LogP contribution < -0.4 is 15.0 Å². The first kappa shape index (κ1) is 27.9. The van der Waals surface area contributed by atoms with Gasteiger partial charge in [0.25, 0.3) is 0 Å². The third-order valence-corrected chi connectivity index (χ3v) is 8.26. The smallest absolute Gasteiger partial charge is 0.236 e. The van der Waals surface area contributed by atoms with Gasteiger partial charge in [-0.05, 0) is 55.0 Å². The minimum Gasteiger partial charge on any atom is -0.490 e. The number of likely N-dealkylation sites (tertiary alicyclic amines) is 1. The number of nitriles is 1. The second-order valence-electron chi connectivity index (χ2n) is 11.0. The number of hydrogen-bond acceptors (Lipinski definition) is 10. The number of nitrogens with zero attached hydrogens (tertiary/aromatic N) is 7. The van der Waals surface area contributed by atoms with Gasteiger partial charge in [-0.3, -0.25) is 9.69 Å². The lowest BCUT2D eigenvalue weighted by molar-refractivity contribution is -0.131. The molecule has 3 fully saturated rings. The summed E-state index contributed by atoms with van der Waals surface area (Å²) < 4.78 is 11.6. The first-order chi connectivity index (χ1) is 20.6. The maximum absolute atomic E-state index is 12.0. The lowest BCUT2D eigenvalue weighted by atomic mass is 10.1. The van der Waals surface area contributed by atoms with Crippen molar-refractivity contribution in [1.29, 1.82) is 5.26 Å². The molecular weight excluding hydrogens is 532 g/mol. The van der Waals surface area contributed by atoms with Gasteiger partial charge in [0.2, 0.25) is 11.9 Å². The quantitative estimate of drug-likeness (QED) is 0.433. The Labute approximate surface area is 246 Å². The number of aryl methyl sites for hydroxylation is 1. The summed E-state index contributed by atoms with van der Waals surface area (Å²) in [7, 11) is 0. The van der Waals surface area contributed by atoms with Gasteiger partial charge in [0.05, 0.1) is 25.3 Å². The van der Waals surface area contributed by atoms with Crippen LogP contribution in [-0.4, -0.2) is 95.3 Å². The largest absolute Gasteiger partial charge is 0.490 e. The third-order valence-electron chi connectivity index (χ3n) is 8.26. The fourth-order valence-electron chi connectivity index (χ4n) is 5.66. The topological polar surface area (TPSA) is 120 Å². The van der Waals surface area contributed by atoms with E-state index in [0.717, 1.165) is 74.8 Å². The summed E-state index contributed by atoms with van der Waals surface area (Å²) in [6.07, 6.45) is 2.98. The van der Waals surface area contributed by atoms with Crippen molar-refractivity contribution >= 4 is 23.2 Å². The Morgan fingerprint density at radius 2 is 1.81 bits per heavy atom. The average Bonchev–Trinajstić information content (AvgIpc) is 2.99. The van der Waals surface area contributed by atoms with Gasteiger partial charge in [-0.25, -0.2) is 9.97 Å². The first-order valence-electron chi connectivity index (χ1n) is 14.6. The van der Waals surface area contributed by atoms with Crippen LogP contribution in [0.5, 0.6) is 5.75 Å². The molecule has 0 aliphatic carbocycles. The Balaban J connectivity index is 1.03. The van der Waals surface area contributed by atoms with Crippen molar-refractivity contribution in [2.45, 2.75) is 38.3 Å². The standard InChI is InChI=1S/C31H36N8O3/c1-22-18-23(2-7-28(22)42-27-9-12-39(13-10-27)29(40)8-11-32)30-33-21-34-31(36-30)35-24-3-5-25(6-4-24)37-14-16-38(17-15-37)26-19-41-20-26/h2-7,18,21,26-27H,8-10,12-17,19-20H2,1H3,(H,33,34,35,36). The van der Waals surface area contributed by atoms with Crippen molar-refractivity contribution in [3.05, 3.63) is 54.4 Å². The summed E-state index contributed by atoms with van der Waals surface area (Å²) in [5.41, 5.74) is 4.01. The maximum atomic E-state index is 12.0. The molecule has 3 aliphatic rings. The van der Waals surface area contributed by atoms with Gasteiger partial charge in [-0.1, -0.05) is 0 Å². The predicted molar refractivity (Wildman–Crippen MR) is 159 cm³/mol. The highest BCUT2D eigenvalue weighted by atomic mass is 16.5. The summed E-state index contributed by atoms with van der Waals surface area (Å²) in [5, 5.41) is 12.1. The zero-order valence-electron chi connectivity index (χ0n) is 23.9. The number of carbonyl (C=O) groups is 1. The average molecular weight is 569 g/mol. The molecule has 4 heterocycles. The molecule has 3 aromatic rings. The molecule has 11 nitrogen and oxygen atoms in total. The van der Waals surface area contributed by atoms with E-state index in [9.17, 15) is 4.79 Å². The van der Waals surface area contributed by atoms with Crippen LogP contribution >= 0.6 is 0 Å². The lowest BCUT2D eigenvalue weighted by Gasteiger charge is -2.43. The van der Waals surface area contributed by atoms with Crippen LogP contribution in [0.2, 0.25) is 0 Å². The monoisotopic (exact) mass is 568 g/mol. The molecule has 0 spiro atoms. The number of piperidine rings is 1. The van der Waals surface area contributed by atoms with E-state index < -0.39 is 0 Å². The third kappa shape index (κ3) is 6.45. The molecule has 11 heteroatoms. The van der Waals surface area contributed by atoms with E-state index in [2.05, 4.69) is 54.3 Å². The molecule has 1 aromatic heterocycles. The minimum atomic E-state index is -0.107. The van der Waals surface area contributed by atoms with Crippen molar-refractivity contribution in [1.82, 2.24) is 24.8 Å². The molecule has 0 radical (unpaired) electrons. The first-order valence-corrected chi connectivity index (χ1v) is 14.6. The summed E-state index contributed by atoms with van der Waals surface area (Å²) >= 11 is 0. The Morgan fingerprint density at radius 3 is 2.48 bits per heavy atom. The van der Waals surface area contributed by atoms with Crippen molar-refractivity contribution in [2.75, 3.05) is 62.7 Å². The highest BCUT2D eigenvalue weighted by Crippen LogP contribution is 2.28. The SMILES string of the molecule is Cc1cc(-c2ncnc(Nc3ccc(N4CCN(C5COC5)CC4)cc3)n2)ccc1OC1CCN(C(=O)CC#N)CC1. The molecule has 0 bridgehead atoms. The molecule has 1 amide bonds. The van der Waals surface area contributed by atoms with Gasteiger partial charge < -0.3 is 24.6 Å². The number of anilines is 3. The summed E-state index contributed by atoms with van der Waals surface area (Å²) in [4.78, 5) is 32.0. The van der Waals surface area contributed by atoms with Crippen molar-refractivity contribution in [2.24, 2.45) is 0 Å². The van der Waals surface area contributed by atoms with E-state index in [4.69, 9.17) is 14.7 Å². The Hall–Kier alpha value is -4.27. The molecule has 218 valence electrons. The van der Waals surface area contributed by atoms with Gasteiger partial charge in [-0.15, -0.1) is 0 Å². The number of hydrogen-bond donors (Lipinski definition) is 1. The van der Waals surface area contributed by atoms with Crippen LogP contribution in [0.3, 0.4) is 0 Å². The molecule has 3 aliphatic heterocycles. The zero-order chi connectivity index (χ0) is 28.9. The fraction of sp³-hybridized carbons (Fsp3) is 0.452. The lowest BCUT2D eigenvalue weighted by Crippen LogP contribution is -2.56. The molecule has 0 saturated carbocycles. The number of benzene rings is 2. The predicted octanol–water partition coefficient (Wildman–Crippen LogP) is 3.39. The fourth-order valence-corrected chi connectivity index (χ4v) is 5.66. The van der Waals surface area contributed by atoms with E-state index in [1.165, 1.54) is 12.0 Å². The van der Waals surface area contributed by atoms with E-state index in [1.54, 1.807) is 4.90 Å². The van der Waals surface area contributed by atoms with Crippen molar-refractivity contribution < 1.29 is 14.3 Å². The van der Waals surface area contributed by atoms with E-state index >= 15 is 0 Å². The number of rotatable bonds is 8. The summed E-state index contributed by atoms with van der Waals surface area (Å²) in [6.45, 7) is 9.15. The number of piperazine rings is 1. The van der Waals surface area contributed by atoms with Crippen LogP contribution in [0.4, 0.5) is 17.3 Å². The van der Waals surface area contributed by atoms with Gasteiger partial charge in [-0.2, -0.15) is 10.2 Å².